The fraction of sp³-hybridized carbons (Fsp3) is 0.389. The van der Waals surface area contributed by atoms with Gasteiger partial charge in [0.1, 0.15) is 5.69 Å². The zero-order valence-electron chi connectivity index (χ0n) is 13.7. The molecule has 0 aliphatic rings. The number of carbonyl (C=O) groups excluding carboxylic acids is 1. The van der Waals surface area contributed by atoms with Crippen molar-refractivity contribution in [3.8, 4) is 0 Å². The molecule has 1 N–H and O–H groups in total. The van der Waals surface area contributed by atoms with Gasteiger partial charge in [-0.3, -0.25) is 9.59 Å². The van der Waals surface area contributed by atoms with Crippen LogP contribution in [0.4, 0.5) is 0 Å². The van der Waals surface area contributed by atoms with Gasteiger partial charge in [-0.2, -0.15) is 5.10 Å². The van der Waals surface area contributed by atoms with Gasteiger partial charge in [0.05, 0.1) is 0 Å². The molecule has 1 unspecified atom stereocenters. The molecule has 5 nitrogen and oxygen atoms in total. The van der Waals surface area contributed by atoms with Crippen molar-refractivity contribution < 1.29 is 4.79 Å². The van der Waals surface area contributed by atoms with E-state index in [1.165, 1.54) is 22.4 Å². The third kappa shape index (κ3) is 4.77. The first kappa shape index (κ1) is 16.9. The van der Waals surface area contributed by atoms with Crippen LogP contribution in [0.2, 0.25) is 0 Å². The minimum absolute atomic E-state index is 0.173. The summed E-state index contributed by atoms with van der Waals surface area (Å²) in [6, 6.07) is 12.9. The van der Waals surface area contributed by atoms with Gasteiger partial charge in [-0.05, 0) is 24.0 Å². The Morgan fingerprint density at radius 2 is 1.96 bits per heavy atom. The number of nitrogens with one attached hydrogen (secondary N) is 1. The minimum atomic E-state index is -0.252. The van der Waals surface area contributed by atoms with Crippen LogP contribution >= 0.6 is 0 Å². The molecular weight excluding hydrogens is 290 g/mol. The molecule has 1 aromatic carbocycles. The molecule has 1 heterocycles. The summed E-state index contributed by atoms with van der Waals surface area (Å²) in [5, 5.41) is 7.04. The summed E-state index contributed by atoms with van der Waals surface area (Å²) in [6.45, 7) is 5.17. The van der Waals surface area contributed by atoms with E-state index in [9.17, 15) is 9.59 Å². The maximum absolute atomic E-state index is 12.2. The highest BCUT2D eigenvalue weighted by Gasteiger charge is 2.11. The number of amides is 1. The van der Waals surface area contributed by atoms with E-state index in [4.69, 9.17) is 0 Å². The lowest BCUT2D eigenvalue weighted by Crippen LogP contribution is -2.31. The molecule has 0 saturated heterocycles. The highest BCUT2D eigenvalue weighted by molar-refractivity contribution is 5.92. The molecule has 23 heavy (non-hydrogen) atoms. The van der Waals surface area contributed by atoms with Crippen LogP contribution in [0.15, 0.2) is 47.3 Å². The number of rotatable bonds is 7. The van der Waals surface area contributed by atoms with Gasteiger partial charge in [0.2, 0.25) is 0 Å². The summed E-state index contributed by atoms with van der Waals surface area (Å²) in [7, 11) is 0. The van der Waals surface area contributed by atoms with Crippen molar-refractivity contribution >= 4 is 5.91 Å². The Bertz CT molecular complexity index is 695. The maximum Gasteiger partial charge on any atom is 0.271 e. The third-order valence-electron chi connectivity index (χ3n) is 3.76. The summed E-state index contributed by atoms with van der Waals surface area (Å²) >= 11 is 0. The smallest absolute Gasteiger partial charge is 0.271 e. The van der Waals surface area contributed by atoms with Gasteiger partial charge < -0.3 is 5.32 Å². The number of aromatic nitrogens is 2. The topological polar surface area (TPSA) is 64.0 Å². The van der Waals surface area contributed by atoms with Crippen molar-refractivity contribution in [2.75, 3.05) is 6.54 Å². The Kier molecular flexibility index (Phi) is 6.09. The van der Waals surface area contributed by atoms with Gasteiger partial charge >= 0.3 is 0 Å². The Morgan fingerprint density at radius 3 is 2.65 bits per heavy atom. The van der Waals surface area contributed by atoms with E-state index in [2.05, 4.69) is 17.3 Å². The van der Waals surface area contributed by atoms with Gasteiger partial charge in [-0.1, -0.05) is 50.6 Å². The van der Waals surface area contributed by atoms with E-state index in [0.29, 0.717) is 13.1 Å². The molecule has 0 fully saturated rings. The average Bonchev–Trinajstić information content (AvgIpc) is 2.59. The molecule has 0 aliphatic heterocycles. The first-order valence-corrected chi connectivity index (χ1v) is 8.03. The number of carbonyl (C=O) groups is 1. The number of unbranched alkanes of at least 4 members (excludes halogenated alkanes) is 1. The highest BCUT2D eigenvalue weighted by Crippen LogP contribution is 2.13. The zero-order chi connectivity index (χ0) is 16.7. The van der Waals surface area contributed by atoms with E-state index >= 15 is 0 Å². The second-order valence-corrected chi connectivity index (χ2v) is 5.66. The number of nitrogens with zero attached hydrogens (tertiary/aromatic N) is 2. The van der Waals surface area contributed by atoms with Crippen molar-refractivity contribution in [3.05, 3.63) is 64.1 Å². The van der Waals surface area contributed by atoms with Crippen LogP contribution in [-0.4, -0.2) is 22.2 Å². The van der Waals surface area contributed by atoms with E-state index < -0.39 is 0 Å². The number of hydrogen-bond acceptors (Lipinski definition) is 3. The second-order valence-electron chi connectivity index (χ2n) is 5.66. The Balaban J connectivity index is 1.99. The molecule has 0 spiro atoms. The normalized spacial score (nSPS) is 11.9. The van der Waals surface area contributed by atoms with Crippen LogP contribution in [0.1, 0.15) is 48.7 Å². The molecule has 0 radical (unpaired) electrons. The maximum atomic E-state index is 12.2. The number of benzene rings is 1. The lowest BCUT2D eigenvalue weighted by Gasteiger charge is -2.13. The molecule has 0 saturated carbocycles. The molecule has 0 aliphatic carbocycles. The summed E-state index contributed by atoms with van der Waals surface area (Å²) in [6.07, 6.45) is 1.84. The molecule has 1 amide bonds. The van der Waals surface area contributed by atoms with Crippen LogP contribution in [0.3, 0.4) is 0 Å². The second kappa shape index (κ2) is 8.27. The first-order valence-electron chi connectivity index (χ1n) is 8.03. The molecule has 1 aromatic heterocycles. The molecule has 2 rings (SSSR count). The lowest BCUT2D eigenvalue weighted by atomic mass is 10.0. The summed E-state index contributed by atoms with van der Waals surface area (Å²) in [4.78, 5) is 23.9. The van der Waals surface area contributed by atoms with E-state index in [0.717, 1.165) is 12.8 Å². The van der Waals surface area contributed by atoms with Crippen LogP contribution in [0.25, 0.3) is 0 Å². The molecule has 5 heteroatoms. The zero-order valence-corrected chi connectivity index (χ0v) is 13.7. The van der Waals surface area contributed by atoms with Gasteiger partial charge in [0.25, 0.3) is 11.5 Å². The minimum Gasteiger partial charge on any atom is -0.350 e. The SMILES string of the molecule is CCCCn1nc(C(=O)NCC(C)c2ccccc2)ccc1=O. The largest absolute Gasteiger partial charge is 0.350 e. The fourth-order valence-corrected chi connectivity index (χ4v) is 2.27. The number of hydrogen-bond donors (Lipinski definition) is 1. The first-order chi connectivity index (χ1) is 11.1. The molecule has 1 atom stereocenters. The van der Waals surface area contributed by atoms with Crippen molar-refractivity contribution in [2.45, 2.75) is 39.2 Å². The highest BCUT2D eigenvalue weighted by atomic mass is 16.2. The van der Waals surface area contributed by atoms with E-state index in [1.807, 2.05) is 37.3 Å². The molecular formula is C18H23N3O2. The van der Waals surface area contributed by atoms with Crippen molar-refractivity contribution in [1.82, 2.24) is 15.1 Å². The standard InChI is InChI=1S/C18H23N3O2/c1-3-4-12-21-17(22)11-10-16(20-21)18(23)19-13-14(2)15-8-6-5-7-9-15/h5-11,14H,3-4,12-13H2,1-2H3,(H,19,23). The molecule has 0 bridgehead atoms. The Labute approximate surface area is 136 Å². The van der Waals surface area contributed by atoms with Crippen molar-refractivity contribution in [3.63, 3.8) is 0 Å². The van der Waals surface area contributed by atoms with Gasteiger partial charge in [0, 0.05) is 19.2 Å². The van der Waals surface area contributed by atoms with Crippen LogP contribution in [-0.2, 0) is 6.54 Å². The average molecular weight is 313 g/mol. The predicted molar refractivity (Wildman–Crippen MR) is 90.6 cm³/mol. The van der Waals surface area contributed by atoms with Gasteiger partial charge in [0.15, 0.2) is 0 Å². The lowest BCUT2D eigenvalue weighted by molar-refractivity contribution is 0.0944. The Morgan fingerprint density at radius 1 is 1.22 bits per heavy atom. The molecule has 122 valence electrons. The van der Waals surface area contributed by atoms with Crippen LogP contribution < -0.4 is 10.9 Å². The van der Waals surface area contributed by atoms with Crippen LogP contribution in [0.5, 0.6) is 0 Å². The van der Waals surface area contributed by atoms with Gasteiger partial charge in [-0.25, -0.2) is 4.68 Å². The fourth-order valence-electron chi connectivity index (χ4n) is 2.27. The van der Waals surface area contributed by atoms with E-state index in [-0.39, 0.29) is 23.1 Å². The van der Waals surface area contributed by atoms with Crippen molar-refractivity contribution in [1.29, 1.82) is 0 Å². The summed E-state index contributed by atoms with van der Waals surface area (Å²) in [5.74, 6) is -0.0378. The number of aryl methyl sites for hydroxylation is 1. The summed E-state index contributed by atoms with van der Waals surface area (Å²) in [5.41, 5.74) is 1.28. The predicted octanol–water partition coefficient (Wildman–Crippen LogP) is 2.58. The van der Waals surface area contributed by atoms with Gasteiger partial charge in [-0.15, -0.1) is 0 Å². The van der Waals surface area contributed by atoms with Crippen molar-refractivity contribution in [2.24, 2.45) is 0 Å². The van der Waals surface area contributed by atoms with Crippen LogP contribution in [0, 0.1) is 0 Å². The Hall–Kier alpha value is -2.43. The third-order valence-corrected chi connectivity index (χ3v) is 3.76. The van der Waals surface area contributed by atoms with E-state index in [1.54, 1.807) is 0 Å². The molecule has 2 aromatic rings. The quantitative estimate of drug-likeness (QED) is 0.854. The summed E-state index contributed by atoms with van der Waals surface area (Å²) < 4.78 is 1.36. The monoisotopic (exact) mass is 313 g/mol.